The molecular formula is C28H32N2O4. The molecule has 4 rings (SSSR count). The van der Waals surface area contributed by atoms with Gasteiger partial charge in [-0.15, -0.1) is 0 Å². The number of amides is 1. The summed E-state index contributed by atoms with van der Waals surface area (Å²) in [5.41, 5.74) is 2.59. The molecule has 0 spiro atoms. The van der Waals surface area contributed by atoms with Gasteiger partial charge in [0.2, 0.25) is 5.76 Å². The zero-order chi connectivity index (χ0) is 24.2. The number of hydrogen-bond acceptors (Lipinski definition) is 5. The molecule has 0 radical (unpaired) electrons. The van der Waals surface area contributed by atoms with Crippen LogP contribution >= 0.6 is 0 Å². The van der Waals surface area contributed by atoms with E-state index in [-0.39, 0.29) is 17.1 Å². The van der Waals surface area contributed by atoms with Crippen molar-refractivity contribution in [2.24, 2.45) is 0 Å². The average molecular weight is 461 g/mol. The smallest absolute Gasteiger partial charge is 0.290 e. The van der Waals surface area contributed by atoms with Crippen molar-refractivity contribution >= 4 is 16.9 Å². The van der Waals surface area contributed by atoms with Crippen molar-refractivity contribution in [1.82, 2.24) is 9.80 Å². The minimum absolute atomic E-state index is 0.142. The van der Waals surface area contributed by atoms with E-state index < -0.39 is 6.04 Å². The molecule has 0 N–H and O–H groups in total. The van der Waals surface area contributed by atoms with Crippen LogP contribution in [0.15, 0.2) is 64.3 Å². The number of likely N-dealkylation sites (N-methyl/N-ethyl adjacent to an activating group) is 1. The zero-order valence-electron chi connectivity index (χ0n) is 20.2. The minimum atomic E-state index is -0.531. The van der Waals surface area contributed by atoms with Gasteiger partial charge >= 0.3 is 0 Å². The van der Waals surface area contributed by atoms with E-state index in [2.05, 4.69) is 25.3 Å². The first kappa shape index (κ1) is 23.8. The molecule has 1 unspecified atom stereocenters. The van der Waals surface area contributed by atoms with Crippen molar-refractivity contribution in [2.45, 2.75) is 33.2 Å². The normalized spacial score (nSPS) is 15.2. The summed E-state index contributed by atoms with van der Waals surface area (Å²) in [5.74, 6) is 0.562. The molecule has 0 bridgehead atoms. The topological polar surface area (TPSA) is 63.0 Å². The Labute approximate surface area is 200 Å². The monoisotopic (exact) mass is 460 g/mol. The number of nitrogens with zero attached hydrogens (tertiary/aromatic N) is 2. The Morgan fingerprint density at radius 1 is 1.12 bits per heavy atom. The summed E-state index contributed by atoms with van der Waals surface area (Å²) in [4.78, 5) is 31.4. The molecule has 0 saturated carbocycles. The van der Waals surface area contributed by atoms with E-state index in [4.69, 9.17) is 9.15 Å². The summed E-state index contributed by atoms with van der Waals surface area (Å²) >= 11 is 0. The van der Waals surface area contributed by atoms with Gasteiger partial charge in [0, 0.05) is 13.1 Å². The van der Waals surface area contributed by atoms with E-state index in [1.54, 1.807) is 17.0 Å². The predicted molar refractivity (Wildman–Crippen MR) is 135 cm³/mol. The lowest BCUT2D eigenvalue weighted by Crippen LogP contribution is -2.37. The fourth-order valence-electron chi connectivity index (χ4n) is 4.58. The molecule has 34 heavy (non-hydrogen) atoms. The Balaban J connectivity index is 1.86. The van der Waals surface area contributed by atoms with Gasteiger partial charge in [-0.1, -0.05) is 51.6 Å². The Bertz CT molecular complexity index is 1260. The lowest BCUT2D eigenvalue weighted by atomic mass is 9.97. The lowest BCUT2D eigenvalue weighted by Gasteiger charge is -2.28. The average Bonchev–Trinajstić information content (AvgIpc) is 3.15. The highest BCUT2D eigenvalue weighted by atomic mass is 16.5. The van der Waals surface area contributed by atoms with Crippen LogP contribution in [-0.4, -0.2) is 48.5 Å². The molecular weight excluding hydrogens is 428 g/mol. The largest absolute Gasteiger partial charge is 0.490 e. The van der Waals surface area contributed by atoms with E-state index >= 15 is 0 Å². The summed E-state index contributed by atoms with van der Waals surface area (Å²) < 4.78 is 11.8. The highest BCUT2D eigenvalue weighted by Gasteiger charge is 2.42. The molecule has 6 nitrogen and oxygen atoms in total. The van der Waals surface area contributed by atoms with Crippen LogP contribution in [-0.2, 0) is 6.42 Å². The predicted octanol–water partition coefficient (Wildman–Crippen LogP) is 4.81. The van der Waals surface area contributed by atoms with Crippen molar-refractivity contribution in [3.05, 3.63) is 87.8 Å². The second kappa shape index (κ2) is 10.3. The third-order valence-electron chi connectivity index (χ3n) is 6.53. The molecule has 0 saturated heterocycles. The molecule has 2 heterocycles. The summed E-state index contributed by atoms with van der Waals surface area (Å²) in [7, 11) is 0. The number of benzene rings is 2. The first-order valence-corrected chi connectivity index (χ1v) is 12.0. The molecule has 178 valence electrons. The van der Waals surface area contributed by atoms with Gasteiger partial charge in [0.05, 0.1) is 17.0 Å². The van der Waals surface area contributed by atoms with Gasteiger partial charge in [0.25, 0.3) is 5.91 Å². The first-order chi connectivity index (χ1) is 16.5. The number of ether oxygens (including phenoxy) is 1. The number of aryl methyl sites for hydroxylation is 1. The number of hydrogen-bond donors (Lipinski definition) is 0. The Hall–Kier alpha value is -3.38. The van der Waals surface area contributed by atoms with E-state index in [0.29, 0.717) is 42.0 Å². The maximum absolute atomic E-state index is 13.8. The molecule has 1 aromatic heterocycles. The molecule has 1 aliphatic heterocycles. The molecule has 1 aliphatic rings. The van der Waals surface area contributed by atoms with Crippen molar-refractivity contribution in [3.8, 4) is 5.75 Å². The van der Waals surface area contributed by atoms with Gasteiger partial charge in [0.15, 0.2) is 5.43 Å². The Kier molecular flexibility index (Phi) is 7.17. The molecule has 2 aromatic carbocycles. The number of carbonyl (C=O) groups excluding carboxylic acids is 1. The fourth-order valence-corrected chi connectivity index (χ4v) is 4.58. The molecule has 1 atom stereocenters. The fraction of sp³-hybridized carbons (Fsp3) is 0.357. The van der Waals surface area contributed by atoms with Crippen LogP contribution in [0.5, 0.6) is 5.75 Å². The summed E-state index contributed by atoms with van der Waals surface area (Å²) in [6.07, 6.45) is 2.50. The van der Waals surface area contributed by atoms with Crippen molar-refractivity contribution in [1.29, 1.82) is 0 Å². The third kappa shape index (κ3) is 4.38. The first-order valence-electron chi connectivity index (χ1n) is 12.0. The lowest BCUT2D eigenvalue weighted by molar-refractivity contribution is 0.0708. The van der Waals surface area contributed by atoms with Crippen LogP contribution in [0.1, 0.15) is 54.1 Å². The van der Waals surface area contributed by atoms with E-state index in [0.717, 1.165) is 30.6 Å². The number of rotatable bonds is 10. The molecule has 3 aromatic rings. The second-order valence-corrected chi connectivity index (χ2v) is 8.46. The van der Waals surface area contributed by atoms with Crippen LogP contribution < -0.4 is 10.2 Å². The maximum atomic E-state index is 13.8. The number of fused-ring (bicyclic) bond motifs is 2. The Morgan fingerprint density at radius 2 is 1.91 bits per heavy atom. The standard InChI is InChI=1S/C28H32N2O4/c1-5-16-33-21-11-9-10-20(18-21)25-24-26(31)22-17-19(6-2)12-13-23(22)34-27(24)28(32)30(25)15-14-29(7-3)8-4/h5,9-13,17-18,25H,1,6-8,14-16H2,2-4H3. The van der Waals surface area contributed by atoms with E-state index in [1.165, 1.54) is 0 Å². The van der Waals surface area contributed by atoms with E-state index in [1.807, 2.05) is 43.3 Å². The van der Waals surface area contributed by atoms with Crippen molar-refractivity contribution < 1.29 is 13.9 Å². The minimum Gasteiger partial charge on any atom is -0.490 e. The van der Waals surface area contributed by atoms with Gasteiger partial charge in [0.1, 0.15) is 17.9 Å². The highest BCUT2D eigenvalue weighted by Crippen LogP contribution is 2.39. The summed E-state index contributed by atoms with van der Waals surface area (Å²) in [6, 6.07) is 12.7. The van der Waals surface area contributed by atoms with Crippen LogP contribution in [0.2, 0.25) is 0 Å². The summed E-state index contributed by atoms with van der Waals surface area (Å²) in [6.45, 7) is 13.3. The van der Waals surface area contributed by atoms with Crippen LogP contribution in [0, 0.1) is 0 Å². The molecule has 0 aliphatic carbocycles. The summed E-state index contributed by atoms with van der Waals surface area (Å²) in [5, 5.41) is 0.514. The highest BCUT2D eigenvalue weighted by molar-refractivity contribution is 5.99. The molecule has 6 heteroatoms. The SMILES string of the molecule is C=CCOc1cccc(C2c3c(oc4ccc(CC)cc4c3=O)C(=O)N2CCN(CC)CC)c1. The van der Waals surface area contributed by atoms with Gasteiger partial charge in [-0.05, 0) is 54.9 Å². The molecule has 0 fully saturated rings. The van der Waals surface area contributed by atoms with Crippen molar-refractivity contribution in [3.63, 3.8) is 0 Å². The second-order valence-electron chi connectivity index (χ2n) is 8.46. The zero-order valence-corrected chi connectivity index (χ0v) is 20.2. The number of carbonyl (C=O) groups is 1. The van der Waals surface area contributed by atoms with Gasteiger partial charge < -0.3 is 19.0 Å². The maximum Gasteiger partial charge on any atom is 0.290 e. The Morgan fingerprint density at radius 3 is 2.62 bits per heavy atom. The molecule has 1 amide bonds. The van der Waals surface area contributed by atoms with Crippen LogP contribution in [0.4, 0.5) is 0 Å². The van der Waals surface area contributed by atoms with Crippen LogP contribution in [0.25, 0.3) is 11.0 Å². The van der Waals surface area contributed by atoms with E-state index in [9.17, 15) is 9.59 Å². The third-order valence-corrected chi connectivity index (χ3v) is 6.53. The van der Waals surface area contributed by atoms with Crippen molar-refractivity contribution in [2.75, 3.05) is 32.8 Å². The van der Waals surface area contributed by atoms with Crippen LogP contribution in [0.3, 0.4) is 0 Å². The van der Waals surface area contributed by atoms with Gasteiger partial charge in [-0.2, -0.15) is 0 Å². The van der Waals surface area contributed by atoms with Gasteiger partial charge in [-0.3, -0.25) is 9.59 Å². The quantitative estimate of drug-likeness (QED) is 0.407. The van der Waals surface area contributed by atoms with Gasteiger partial charge in [-0.25, -0.2) is 0 Å².